The molecule has 0 bridgehead atoms. The third kappa shape index (κ3) is 4.43. The van der Waals surface area contributed by atoms with E-state index in [1.807, 2.05) is 36.4 Å². The molecule has 146 valence electrons. The predicted octanol–water partition coefficient (Wildman–Crippen LogP) is 1.29. The number of benzene rings is 2. The van der Waals surface area contributed by atoms with Crippen molar-refractivity contribution in [3.63, 3.8) is 0 Å². The van der Waals surface area contributed by atoms with Crippen molar-refractivity contribution in [1.82, 2.24) is 0 Å². The molecular weight excluding hydrogens is 358 g/mol. The number of hydrogen-bond donors (Lipinski definition) is 3. The number of carbonyl (C=O) groups excluding carboxylic acids is 2. The Balaban J connectivity index is 1.23. The van der Waals surface area contributed by atoms with Gasteiger partial charge in [-0.1, -0.05) is 18.2 Å². The van der Waals surface area contributed by atoms with E-state index in [0.29, 0.717) is 23.7 Å². The Morgan fingerprint density at radius 2 is 1.68 bits per heavy atom. The Hall–Kier alpha value is -3.06. The van der Waals surface area contributed by atoms with E-state index >= 15 is 0 Å². The molecule has 1 saturated heterocycles. The van der Waals surface area contributed by atoms with Crippen molar-refractivity contribution in [2.45, 2.75) is 12.8 Å². The SMILES string of the molecule is O=C(C[NH+]1CCC(C(=O)Nc2ccc3c(c2)OCO3)CC1)Nc1ccccc1. The van der Waals surface area contributed by atoms with Gasteiger partial charge in [0.25, 0.3) is 5.91 Å². The summed E-state index contributed by atoms with van der Waals surface area (Å²) in [5.41, 5.74) is 1.52. The fourth-order valence-electron chi connectivity index (χ4n) is 3.64. The average molecular weight is 382 g/mol. The molecule has 0 aromatic heterocycles. The quantitative estimate of drug-likeness (QED) is 0.728. The molecule has 0 aliphatic carbocycles. The molecule has 0 unspecified atom stereocenters. The van der Waals surface area contributed by atoms with E-state index in [9.17, 15) is 9.59 Å². The topological polar surface area (TPSA) is 81.1 Å². The molecule has 2 heterocycles. The molecule has 3 N–H and O–H groups in total. The molecule has 0 atom stereocenters. The molecule has 2 amide bonds. The largest absolute Gasteiger partial charge is 0.454 e. The monoisotopic (exact) mass is 382 g/mol. The zero-order valence-corrected chi connectivity index (χ0v) is 15.6. The highest BCUT2D eigenvalue weighted by atomic mass is 16.7. The number of rotatable bonds is 5. The molecule has 28 heavy (non-hydrogen) atoms. The van der Waals surface area contributed by atoms with Crippen molar-refractivity contribution in [3.8, 4) is 11.5 Å². The first-order valence-corrected chi connectivity index (χ1v) is 9.56. The Bertz CT molecular complexity index is 848. The molecule has 2 aromatic rings. The van der Waals surface area contributed by atoms with Gasteiger partial charge in [-0.15, -0.1) is 0 Å². The maximum atomic E-state index is 12.6. The molecule has 7 heteroatoms. The molecule has 1 fully saturated rings. The number of nitrogens with one attached hydrogen (secondary N) is 3. The van der Waals surface area contributed by atoms with E-state index in [0.717, 1.165) is 31.6 Å². The molecule has 0 saturated carbocycles. The predicted molar refractivity (Wildman–Crippen MR) is 105 cm³/mol. The van der Waals surface area contributed by atoms with Crippen LogP contribution >= 0.6 is 0 Å². The summed E-state index contributed by atoms with van der Waals surface area (Å²) in [5, 5.41) is 5.88. The fraction of sp³-hybridized carbons (Fsp3) is 0.333. The van der Waals surface area contributed by atoms with Gasteiger partial charge in [0.2, 0.25) is 12.7 Å². The second kappa shape index (κ2) is 8.31. The van der Waals surface area contributed by atoms with Crippen LogP contribution < -0.4 is 25.0 Å². The van der Waals surface area contributed by atoms with Crippen LogP contribution in [0.4, 0.5) is 11.4 Å². The van der Waals surface area contributed by atoms with Crippen LogP contribution in [0.5, 0.6) is 11.5 Å². The lowest BCUT2D eigenvalue weighted by Crippen LogP contribution is -3.14. The standard InChI is InChI=1S/C21H23N3O4/c25-20(22-16-4-2-1-3-5-16)13-24-10-8-15(9-11-24)21(26)23-17-6-7-18-19(12-17)28-14-27-18/h1-7,12,15H,8-11,13-14H2,(H,22,25)(H,23,26)/p+1. The summed E-state index contributed by atoms with van der Waals surface area (Å²) in [6.07, 6.45) is 1.54. The Kier molecular flexibility index (Phi) is 5.43. The minimum absolute atomic E-state index is 0.00413. The van der Waals surface area contributed by atoms with Crippen molar-refractivity contribution < 1.29 is 24.0 Å². The number of quaternary nitrogens is 1. The van der Waals surface area contributed by atoms with Crippen molar-refractivity contribution in [3.05, 3.63) is 48.5 Å². The van der Waals surface area contributed by atoms with Gasteiger partial charge in [0.05, 0.1) is 13.1 Å². The lowest BCUT2D eigenvalue weighted by atomic mass is 9.95. The number of para-hydroxylation sites is 1. The summed E-state index contributed by atoms with van der Waals surface area (Å²) in [7, 11) is 0. The van der Waals surface area contributed by atoms with Gasteiger partial charge in [0.1, 0.15) is 0 Å². The molecular formula is C21H24N3O4+. The smallest absolute Gasteiger partial charge is 0.279 e. The number of fused-ring (bicyclic) bond motifs is 1. The van der Waals surface area contributed by atoms with E-state index in [4.69, 9.17) is 9.47 Å². The van der Waals surface area contributed by atoms with Crippen molar-refractivity contribution in [2.75, 3.05) is 37.1 Å². The van der Waals surface area contributed by atoms with Crippen molar-refractivity contribution in [1.29, 1.82) is 0 Å². The van der Waals surface area contributed by atoms with E-state index < -0.39 is 0 Å². The summed E-state index contributed by atoms with van der Waals surface area (Å²) >= 11 is 0. The molecule has 0 radical (unpaired) electrons. The zero-order chi connectivity index (χ0) is 19.3. The van der Waals surface area contributed by atoms with Gasteiger partial charge in [-0.25, -0.2) is 0 Å². The van der Waals surface area contributed by atoms with Gasteiger partial charge in [0.15, 0.2) is 18.0 Å². The van der Waals surface area contributed by atoms with Gasteiger partial charge >= 0.3 is 0 Å². The summed E-state index contributed by atoms with van der Waals surface area (Å²) in [6, 6.07) is 14.9. The van der Waals surface area contributed by atoms with E-state index in [1.165, 1.54) is 4.90 Å². The third-order valence-electron chi connectivity index (χ3n) is 5.17. The Labute approximate surface area is 163 Å². The minimum atomic E-state index is -0.0358. The molecule has 2 aliphatic rings. The first-order chi connectivity index (χ1) is 13.7. The van der Waals surface area contributed by atoms with Gasteiger partial charge in [-0.2, -0.15) is 0 Å². The fourth-order valence-corrected chi connectivity index (χ4v) is 3.64. The van der Waals surface area contributed by atoms with Crippen LogP contribution in [-0.4, -0.2) is 38.2 Å². The first kappa shape index (κ1) is 18.3. The second-order valence-corrected chi connectivity index (χ2v) is 7.17. The van der Waals surface area contributed by atoms with Gasteiger partial charge in [-0.3, -0.25) is 9.59 Å². The number of piperidine rings is 1. The van der Waals surface area contributed by atoms with Gasteiger partial charge in [-0.05, 0) is 24.3 Å². The Morgan fingerprint density at radius 1 is 0.929 bits per heavy atom. The van der Waals surface area contributed by atoms with E-state index in [2.05, 4.69) is 10.6 Å². The van der Waals surface area contributed by atoms with Crippen LogP contribution in [0.15, 0.2) is 48.5 Å². The van der Waals surface area contributed by atoms with Gasteiger partial charge < -0.3 is 25.0 Å². The molecule has 4 rings (SSSR count). The highest BCUT2D eigenvalue weighted by Crippen LogP contribution is 2.34. The van der Waals surface area contributed by atoms with Crippen LogP contribution in [0.1, 0.15) is 12.8 Å². The Morgan fingerprint density at radius 3 is 2.46 bits per heavy atom. The maximum Gasteiger partial charge on any atom is 0.279 e. The molecule has 0 spiro atoms. The summed E-state index contributed by atoms with van der Waals surface area (Å²) < 4.78 is 10.6. The zero-order valence-electron chi connectivity index (χ0n) is 15.6. The highest BCUT2D eigenvalue weighted by molar-refractivity contribution is 5.93. The average Bonchev–Trinajstić information content (AvgIpc) is 3.17. The minimum Gasteiger partial charge on any atom is -0.454 e. The number of carbonyl (C=O) groups is 2. The van der Waals surface area contributed by atoms with E-state index in [1.54, 1.807) is 12.1 Å². The molecule has 7 nitrogen and oxygen atoms in total. The lowest BCUT2D eigenvalue weighted by molar-refractivity contribution is -0.897. The number of ether oxygens (including phenoxy) is 2. The second-order valence-electron chi connectivity index (χ2n) is 7.17. The number of amides is 2. The van der Waals surface area contributed by atoms with Crippen LogP contribution in [0.25, 0.3) is 0 Å². The number of hydrogen-bond acceptors (Lipinski definition) is 4. The van der Waals surface area contributed by atoms with Crippen LogP contribution in [-0.2, 0) is 9.59 Å². The summed E-state index contributed by atoms with van der Waals surface area (Å²) in [5.74, 6) is 1.34. The third-order valence-corrected chi connectivity index (χ3v) is 5.17. The highest BCUT2D eigenvalue weighted by Gasteiger charge is 2.29. The van der Waals surface area contributed by atoms with Crippen molar-refractivity contribution in [2.24, 2.45) is 5.92 Å². The molecule has 2 aromatic carbocycles. The normalized spacial score (nSPS) is 20.4. The van der Waals surface area contributed by atoms with Crippen LogP contribution in [0.3, 0.4) is 0 Å². The number of anilines is 2. The molecule has 2 aliphatic heterocycles. The summed E-state index contributed by atoms with van der Waals surface area (Å²) in [6.45, 7) is 2.25. The van der Waals surface area contributed by atoms with Crippen LogP contribution in [0, 0.1) is 5.92 Å². The first-order valence-electron chi connectivity index (χ1n) is 9.56. The van der Waals surface area contributed by atoms with Crippen molar-refractivity contribution >= 4 is 23.2 Å². The van der Waals surface area contributed by atoms with Crippen LogP contribution in [0.2, 0.25) is 0 Å². The maximum absolute atomic E-state index is 12.6. The number of likely N-dealkylation sites (tertiary alicyclic amines) is 1. The van der Waals surface area contributed by atoms with E-state index in [-0.39, 0.29) is 24.5 Å². The van der Waals surface area contributed by atoms with Gasteiger partial charge in [0, 0.05) is 36.2 Å². The lowest BCUT2D eigenvalue weighted by Gasteiger charge is -2.28. The summed E-state index contributed by atoms with van der Waals surface area (Å²) in [4.78, 5) is 26.0.